The smallest absolute Gasteiger partial charge is 2.00 e. The molecule has 0 saturated heterocycles. The zero-order chi connectivity index (χ0) is 4.99. The van der Waals surface area contributed by atoms with Crippen molar-refractivity contribution in [1.82, 2.24) is 0 Å². The van der Waals surface area contributed by atoms with Gasteiger partial charge in [0.25, 0.3) is 5.96 Å². The molecule has 0 aromatic carbocycles. The standard InChI is InChI=1S/CH3N5.C.2O/c2-1(5-3)6-4;;;/h2-4H;;;/q;+4;2*-2. The molecule has 0 spiro atoms. The quantitative estimate of drug-likeness (QED) is 0.241. The molecule has 0 aliphatic carbocycles. The first kappa shape index (κ1) is 25.0. The van der Waals surface area contributed by atoms with Crippen molar-refractivity contribution in [2.75, 3.05) is 0 Å². The van der Waals surface area contributed by atoms with Gasteiger partial charge in [0, 0.05) is 0 Å². The van der Waals surface area contributed by atoms with E-state index in [4.69, 9.17) is 16.5 Å². The number of rotatable bonds is 0. The second-order valence-electron chi connectivity index (χ2n) is 0.547. The molecule has 0 saturated carbocycles. The van der Waals surface area contributed by atoms with Crippen LogP contribution in [-0.2, 0) is 11.0 Å². The number of guanidine groups is 1. The van der Waals surface area contributed by atoms with Crippen molar-refractivity contribution in [3.05, 3.63) is 7.43 Å². The molecule has 0 aromatic rings. The summed E-state index contributed by atoms with van der Waals surface area (Å²) in [6.45, 7) is 0. The molecule has 0 bridgehead atoms. The van der Waals surface area contributed by atoms with E-state index in [1.807, 2.05) is 0 Å². The molecular weight excluding hydrogens is 126 g/mol. The Morgan fingerprint density at radius 2 is 1.22 bits per heavy atom. The number of hydrogen-bond acceptors (Lipinski definition) is 3. The Morgan fingerprint density at radius 3 is 1.22 bits per heavy atom. The van der Waals surface area contributed by atoms with E-state index in [1.165, 1.54) is 0 Å². The van der Waals surface area contributed by atoms with Crippen molar-refractivity contribution >= 4 is 5.96 Å². The van der Waals surface area contributed by atoms with Crippen LogP contribution in [0, 0.1) is 23.9 Å². The van der Waals surface area contributed by atoms with Crippen molar-refractivity contribution in [1.29, 1.82) is 16.5 Å². The summed E-state index contributed by atoms with van der Waals surface area (Å²) in [5.41, 5.74) is 12.0. The first-order valence-electron chi connectivity index (χ1n) is 1.14. The average molecular weight is 129 g/mol. The second-order valence-corrected chi connectivity index (χ2v) is 0.547. The maximum atomic E-state index is 6.28. The van der Waals surface area contributed by atoms with E-state index < -0.39 is 5.96 Å². The predicted molar refractivity (Wildman–Crippen MR) is 22.6 cm³/mol. The first-order valence-corrected chi connectivity index (χ1v) is 1.14. The second kappa shape index (κ2) is 15.8. The van der Waals surface area contributed by atoms with Gasteiger partial charge < -0.3 is 11.0 Å². The number of hydrogen-bond donors (Lipinski definition) is 3. The van der Waals surface area contributed by atoms with Crippen molar-refractivity contribution < 1.29 is 11.0 Å². The molecule has 0 rings (SSSR count). The molecule has 0 radical (unpaired) electrons. The molecule has 0 unspecified atom stereocenters. The van der Waals surface area contributed by atoms with E-state index in [0.717, 1.165) is 0 Å². The van der Waals surface area contributed by atoms with Gasteiger partial charge in [0.05, 0.1) is 0 Å². The molecule has 7 nitrogen and oxygen atoms in total. The van der Waals surface area contributed by atoms with Gasteiger partial charge in [-0.3, -0.25) is 5.41 Å². The van der Waals surface area contributed by atoms with E-state index in [-0.39, 0.29) is 18.4 Å². The van der Waals surface area contributed by atoms with Crippen LogP contribution in [0.3, 0.4) is 0 Å². The fourth-order valence-electron chi connectivity index (χ4n) is 0.0250. The van der Waals surface area contributed by atoms with Crippen molar-refractivity contribution in [3.8, 4) is 0 Å². The summed E-state index contributed by atoms with van der Waals surface area (Å²) in [6.07, 6.45) is 0. The van der Waals surface area contributed by atoms with Crippen LogP contribution in [0.15, 0.2) is 10.2 Å². The fraction of sp³-hybridized carbons (Fsp3) is 0. The Labute approximate surface area is 52.2 Å². The minimum atomic E-state index is -0.574. The van der Waals surface area contributed by atoms with Crippen LogP contribution in [0.4, 0.5) is 0 Å². The molecule has 0 amide bonds. The average Bonchev–Trinajstić information content (AvgIpc) is 1.65. The molecule has 0 aliphatic rings. The molecule has 9 heavy (non-hydrogen) atoms. The summed E-state index contributed by atoms with van der Waals surface area (Å²) >= 11 is 0. The fourth-order valence-corrected chi connectivity index (χ4v) is 0.0250. The van der Waals surface area contributed by atoms with E-state index in [1.54, 1.807) is 0 Å². The zero-order valence-electron chi connectivity index (χ0n) is 4.21. The summed E-state index contributed by atoms with van der Waals surface area (Å²) in [4.78, 5) is 0. The Morgan fingerprint density at radius 1 is 1.00 bits per heavy atom. The van der Waals surface area contributed by atoms with E-state index >= 15 is 0 Å². The summed E-state index contributed by atoms with van der Waals surface area (Å²) in [5, 5.41) is 11.2. The third-order valence-electron chi connectivity index (χ3n) is 0.212. The van der Waals surface area contributed by atoms with E-state index in [2.05, 4.69) is 10.2 Å². The maximum Gasteiger partial charge on any atom is 4.00 e. The van der Waals surface area contributed by atoms with Crippen LogP contribution < -0.4 is 0 Å². The van der Waals surface area contributed by atoms with Gasteiger partial charge in [-0.2, -0.15) is 0 Å². The minimum Gasteiger partial charge on any atom is -2.00 e. The summed E-state index contributed by atoms with van der Waals surface area (Å²) in [5.74, 6) is -0.574. The molecule has 0 aromatic heterocycles. The Balaban J connectivity index is -0.0000000417. The van der Waals surface area contributed by atoms with Gasteiger partial charge >= 0.3 is 7.43 Å². The normalized spacial score (nSPS) is 4.44. The molecule has 3 N–H and O–H groups in total. The van der Waals surface area contributed by atoms with Gasteiger partial charge in [-0.15, -0.1) is 10.2 Å². The van der Waals surface area contributed by atoms with Crippen LogP contribution in [0.5, 0.6) is 0 Å². The molecular formula is C2H3N5O2. The van der Waals surface area contributed by atoms with Crippen LogP contribution in [0.1, 0.15) is 0 Å². The molecule has 48 valence electrons. The largest absolute Gasteiger partial charge is 4.00 e. The first-order chi connectivity index (χ1) is 2.81. The summed E-state index contributed by atoms with van der Waals surface area (Å²) in [6, 6.07) is 0. The van der Waals surface area contributed by atoms with E-state index in [9.17, 15) is 0 Å². The van der Waals surface area contributed by atoms with Gasteiger partial charge in [-0.1, -0.05) is 0 Å². The van der Waals surface area contributed by atoms with Crippen LogP contribution >= 0.6 is 0 Å². The maximum absolute atomic E-state index is 6.28. The summed E-state index contributed by atoms with van der Waals surface area (Å²) < 4.78 is 0. The van der Waals surface area contributed by atoms with Gasteiger partial charge in [-0.25, -0.2) is 11.1 Å². The van der Waals surface area contributed by atoms with Gasteiger partial charge in [0.2, 0.25) is 0 Å². The molecule has 0 fully saturated rings. The summed E-state index contributed by atoms with van der Waals surface area (Å²) in [7, 11) is 0. The topological polar surface area (TPSA) is 153 Å². The predicted octanol–water partition coefficient (Wildman–Crippen LogP) is 0.827. The van der Waals surface area contributed by atoms with E-state index in [0.29, 0.717) is 0 Å². The number of nitrogens with zero attached hydrogens (tertiary/aromatic N) is 2. The molecule has 0 aliphatic heterocycles. The molecule has 7 heteroatoms. The minimum absolute atomic E-state index is 0. The Hall–Kier alpha value is -1.21. The van der Waals surface area contributed by atoms with Crippen molar-refractivity contribution in [2.24, 2.45) is 10.2 Å². The van der Waals surface area contributed by atoms with Crippen molar-refractivity contribution in [3.63, 3.8) is 0 Å². The third-order valence-corrected chi connectivity index (χ3v) is 0.212. The molecule has 0 heterocycles. The SMILES string of the molecule is N=NC(=N)N=N.[C+4].[O-2].[O-2]. The van der Waals surface area contributed by atoms with Gasteiger partial charge in [0.1, 0.15) is 0 Å². The zero-order valence-corrected chi connectivity index (χ0v) is 4.21. The third kappa shape index (κ3) is 20.0. The van der Waals surface area contributed by atoms with Crippen molar-refractivity contribution in [2.45, 2.75) is 0 Å². The Kier molecular flexibility index (Phi) is 44.0. The van der Waals surface area contributed by atoms with Gasteiger partial charge in [-0.05, 0) is 0 Å². The van der Waals surface area contributed by atoms with Gasteiger partial charge in [0.15, 0.2) is 0 Å². The van der Waals surface area contributed by atoms with Crippen LogP contribution in [-0.4, -0.2) is 5.96 Å². The van der Waals surface area contributed by atoms with Crippen LogP contribution in [0.2, 0.25) is 0 Å². The Bertz CT molecular complexity index is 81.0. The monoisotopic (exact) mass is 129 g/mol. The number of nitrogens with one attached hydrogen (secondary N) is 3. The molecule has 0 atom stereocenters. The van der Waals surface area contributed by atoms with Crippen LogP contribution in [0.25, 0.3) is 0 Å².